The largest absolute Gasteiger partial charge is 0.495 e. The van der Waals surface area contributed by atoms with Gasteiger partial charge >= 0.3 is 0 Å². The van der Waals surface area contributed by atoms with Crippen LogP contribution in [-0.4, -0.2) is 25.5 Å². The lowest BCUT2D eigenvalue weighted by atomic mass is 10.1. The van der Waals surface area contributed by atoms with Gasteiger partial charge in [0.1, 0.15) is 5.75 Å². The molecule has 1 unspecified atom stereocenters. The van der Waals surface area contributed by atoms with E-state index in [9.17, 15) is 9.59 Å². The van der Waals surface area contributed by atoms with Crippen molar-refractivity contribution in [3.05, 3.63) is 52.5 Å². The van der Waals surface area contributed by atoms with Crippen molar-refractivity contribution in [1.82, 2.24) is 5.32 Å². The Morgan fingerprint density at radius 2 is 1.85 bits per heavy atom. The van der Waals surface area contributed by atoms with E-state index in [1.807, 2.05) is 31.2 Å². The number of nitrogens with one attached hydrogen (secondary N) is 3. The van der Waals surface area contributed by atoms with Crippen LogP contribution in [-0.2, 0) is 9.59 Å². The molecule has 1 atom stereocenters. The highest BCUT2D eigenvalue weighted by atomic mass is 79.9. The molecule has 7 heteroatoms. The molecule has 0 aromatic heterocycles. The van der Waals surface area contributed by atoms with E-state index in [1.54, 1.807) is 25.3 Å². The standard InChI is InChI=1S/C19H22BrN3O3/c1-12(14-4-6-15(20)7-5-14)22-19(25)11-21-17-10-16(23-13(2)24)8-9-18(17)26-3/h4-10,12,21H,11H2,1-3H3,(H,22,25)(H,23,24). The third-order valence-corrected chi connectivity index (χ3v) is 4.24. The summed E-state index contributed by atoms with van der Waals surface area (Å²) in [5, 5.41) is 8.69. The number of benzene rings is 2. The van der Waals surface area contributed by atoms with Gasteiger partial charge in [0, 0.05) is 17.1 Å². The van der Waals surface area contributed by atoms with Crippen molar-refractivity contribution in [2.24, 2.45) is 0 Å². The lowest BCUT2D eigenvalue weighted by Gasteiger charge is -2.16. The molecular formula is C19H22BrN3O3. The Bertz CT molecular complexity index is 778. The Labute approximate surface area is 161 Å². The molecule has 2 rings (SSSR count). The fourth-order valence-corrected chi connectivity index (χ4v) is 2.69. The van der Waals surface area contributed by atoms with Gasteiger partial charge in [0.2, 0.25) is 11.8 Å². The quantitative estimate of drug-likeness (QED) is 0.638. The molecule has 0 saturated heterocycles. The van der Waals surface area contributed by atoms with Crippen molar-refractivity contribution in [2.75, 3.05) is 24.3 Å². The molecule has 0 bridgehead atoms. The van der Waals surface area contributed by atoms with Crippen molar-refractivity contribution < 1.29 is 14.3 Å². The molecule has 0 fully saturated rings. The van der Waals surface area contributed by atoms with Crippen molar-refractivity contribution in [3.8, 4) is 5.75 Å². The lowest BCUT2D eigenvalue weighted by molar-refractivity contribution is -0.120. The highest BCUT2D eigenvalue weighted by Gasteiger charge is 2.11. The topological polar surface area (TPSA) is 79.5 Å². The number of anilines is 2. The first-order chi connectivity index (χ1) is 12.4. The molecule has 2 aromatic rings. The molecule has 0 saturated carbocycles. The molecule has 26 heavy (non-hydrogen) atoms. The van der Waals surface area contributed by atoms with Crippen LogP contribution >= 0.6 is 15.9 Å². The van der Waals surface area contributed by atoms with Crippen molar-refractivity contribution >= 4 is 39.1 Å². The van der Waals surface area contributed by atoms with E-state index in [-0.39, 0.29) is 24.4 Å². The van der Waals surface area contributed by atoms with Crippen LogP contribution in [0.25, 0.3) is 0 Å². The number of hydrogen-bond acceptors (Lipinski definition) is 4. The Kier molecular flexibility index (Phi) is 7.03. The zero-order chi connectivity index (χ0) is 19.1. The van der Waals surface area contributed by atoms with Gasteiger partial charge < -0.3 is 20.7 Å². The van der Waals surface area contributed by atoms with E-state index in [2.05, 4.69) is 31.9 Å². The van der Waals surface area contributed by atoms with Crippen LogP contribution in [0.15, 0.2) is 46.9 Å². The molecule has 0 aliphatic heterocycles. The molecule has 6 nitrogen and oxygen atoms in total. The fraction of sp³-hybridized carbons (Fsp3) is 0.263. The molecule has 2 aromatic carbocycles. The highest BCUT2D eigenvalue weighted by Crippen LogP contribution is 2.27. The first kappa shape index (κ1) is 19.8. The molecule has 2 amide bonds. The smallest absolute Gasteiger partial charge is 0.239 e. The molecule has 0 aliphatic rings. The second kappa shape index (κ2) is 9.24. The average molecular weight is 420 g/mol. The van der Waals surface area contributed by atoms with Gasteiger partial charge in [-0.05, 0) is 42.8 Å². The Hall–Kier alpha value is -2.54. The number of halogens is 1. The predicted molar refractivity (Wildman–Crippen MR) is 106 cm³/mol. The summed E-state index contributed by atoms with van der Waals surface area (Å²) in [5.74, 6) is 0.280. The Morgan fingerprint density at radius 1 is 1.15 bits per heavy atom. The number of amides is 2. The minimum absolute atomic E-state index is 0.0841. The molecular weight excluding hydrogens is 398 g/mol. The second-order valence-electron chi connectivity index (χ2n) is 5.79. The second-order valence-corrected chi connectivity index (χ2v) is 6.71. The van der Waals surface area contributed by atoms with Crippen LogP contribution in [0.4, 0.5) is 11.4 Å². The summed E-state index contributed by atoms with van der Waals surface area (Å²) in [5.41, 5.74) is 2.28. The number of hydrogen-bond donors (Lipinski definition) is 3. The van der Waals surface area contributed by atoms with E-state index in [1.165, 1.54) is 6.92 Å². The summed E-state index contributed by atoms with van der Waals surface area (Å²) in [6.45, 7) is 3.45. The minimum atomic E-state index is -0.165. The molecule has 3 N–H and O–H groups in total. The summed E-state index contributed by atoms with van der Waals surface area (Å²) in [6.07, 6.45) is 0. The number of carbonyl (C=O) groups is 2. The zero-order valence-electron chi connectivity index (χ0n) is 14.9. The monoisotopic (exact) mass is 419 g/mol. The van der Waals surface area contributed by atoms with Gasteiger partial charge in [0.05, 0.1) is 25.4 Å². The van der Waals surface area contributed by atoms with Crippen molar-refractivity contribution in [3.63, 3.8) is 0 Å². The van der Waals surface area contributed by atoms with Crippen LogP contribution in [0.3, 0.4) is 0 Å². The van der Waals surface area contributed by atoms with E-state index in [4.69, 9.17) is 4.74 Å². The predicted octanol–water partition coefficient (Wildman–Crippen LogP) is 3.71. The van der Waals surface area contributed by atoms with Crippen LogP contribution in [0.2, 0.25) is 0 Å². The Balaban J connectivity index is 1.97. The van der Waals surface area contributed by atoms with Gasteiger partial charge in [-0.1, -0.05) is 28.1 Å². The van der Waals surface area contributed by atoms with Crippen LogP contribution in [0.1, 0.15) is 25.5 Å². The maximum absolute atomic E-state index is 12.2. The molecule has 0 radical (unpaired) electrons. The number of rotatable bonds is 7. The van der Waals surface area contributed by atoms with Crippen LogP contribution < -0.4 is 20.7 Å². The van der Waals surface area contributed by atoms with E-state index >= 15 is 0 Å². The first-order valence-electron chi connectivity index (χ1n) is 8.13. The third kappa shape index (κ3) is 5.77. The van der Waals surface area contributed by atoms with Crippen molar-refractivity contribution in [1.29, 1.82) is 0 Å². The van der Waals surface area contributed by atoms with Gasteiger partial charge in [0.25, 0.3) is 0 Å². The number of ether oxygens (including phenoxy) is 1. The van der Waals surface area contributed by atoms with E-state index in [0.29, 0.717) is 17.1 Å². The van der Waals surface area contributed by atoms with Gasteiger partial charge in [-0.25, -0.2) is 0 Å². The molecule has 0 heterocycles. The highest BCUT2D eigenvalue weighted by molar-refractivity contribution is 9.10. The maximum Gasteiger partial charge on any atom is 0.239 e. The summed E-state index contributed by atoms with van der Waals surface area (Å²) in [6, 6.07) is 12.9. The maximum atomic E-state index is 12.2. The molecule has 0 aliphatic carbocycles. The van der Waals surface area contributed by atoms with Gasteiger partial charge in [-0.15, -0.1) is 0 Å². The SMILES string of the molecule is COc1ccc(NC(C)=O)cc1NCC(=O)NC(C)c1ccc(Br)cc1. The molecule has 0 spiro atoms. The summed E-state index contributed by atoms with van der Waals surface area (Å²) in [7, 11) is 1.55. The molecule has 138 valence electrons. The van der Waals surface area contributed by atoms with Gasteiger partial charge in [0.15, 0.2) is 0 Å². The van der Waals surface area contributed by atoms with E-state index < -0.39 is 0 Å². The van der Waals surface area contributed by atoms with E-state index in [0.717, 1.165) is 10.0 Å². The lowest BCUT2D eigenvalue weighted by Crippen LogP contribution is -2.32. The third-order valence-electron chi connectivity index (χ3n) is 3.71. The van der Waals surface area contributed by atoms with Gasteiger partial charge in [-0.3, -0.25) is 9.59 Å². The minimum Gasteiger partial charge on any atom is -0.495 e. The average Bonchev–Trinajstić information content (AvgIpc) is 2.60. The Morgan fingerprint density at radius 3 is 2.46 bits per heavy atom. The summed E-state index contributed by atoms with van der Waals surface area (Å²) >= 11 is 3.39. The number of methoxy groups -OCH3 is 1. The fourth-order valence-electron chi connectivity index (χ4n) is 2.43. The number of carbonyl (C=O) groups excluding carboxylic acids is 2. The van der Waals surface area contributed by atoms with Crippen molar-refractivity contribution in [2.45, 2.75) is 19.9 Å². The first-order valence-corrected chi connectivity index (χ1v) is 8.92. The summed E-state index contributed by atoms with van der Waals surface area (Å²) in [4.78, 5) is 23.4. The normalized spacial score (nSPS) is 11.4. The zero-order valence-corrected chi connectivity index (χ0v) is 16.5. The van der Waals surface area contributed by atoms with Crippen LogP contribution in [0, 0.1) is 0 Å². The summed E-state index contributed by atoms with van der Waals surface area (Å²) < 4.78 is 6.28. The van der Waals surface area contributed by atoms with Crippen LogP contribution in [0.5, 0.6) is 5.75 Å². The van der Waals surface area contributed by atoms with Gasteiger partial charge in [-0.2, -0.15) is 0 Å².